The van der Waals surface area contributed by atoms with Gasteiger partial charge in [-0.25, -0.2) is 13.2 Å². The lowest BCUT2D eigenvalue weighted by Crippen LogP contribution is -2.24. The largest absolute Gasteiger partial charge is 0.310 e. The van der Waals surface area contributed by atoms with E-state index in [2.05, 4.69) is 21.2 Å². The minimum Gasteiger partial charge on any atom is -0.310 e. The van der Waals surface area contributed by atoms with Crippen LogP contribution in [0.4, 0.5) is 13.2 Å². The van der Waals surface area contributed by atoms with E-state index in [1.165, 1.54) is 12.1 Å². The standard InChI is InChI=1S/C16H15BrF3N/c1-2-21-15(16-11(17)4-3-5-13(16)19)9-10-6-7-12(18)14(20)8-10/h3-8,15,21H,2,9H2,1H3. The zero-order valence-corrected chi connectivity index (χ0v) is 13.1. The van der Waals surface area contributed by atoms with Gasteiger partial charge in [0.1, 0.15) is 5.82 Å². The number of rotatable bonds is 5. The van der Waals surface area contributed by atoms with Gasteiger partial charge in [-0.15, -0.1) is 0 Å². The molecule has 0 aliphatic rings. The van der Waals surface area contributed by atoms with E-state index in [1.54, 1.807) is 12.1 Å². The summed E-state index contributed by atoms with van der Waals surface area (Å²) in [7, 11) is 0. The molecule has 0 aromatic heterocycles. The molecule has 0 spiro atoms. The summed E-state index contributed by atoms with van der Waals surface area (Å²) in [5.74, 6) is -2.11. The van der Waals surface area contributed by atoms with E-state index in [9.17, 15) is 13.2 Å². The summed E-state index contributed by atoms with van der Waals surface area (Å²) in [6, 6.07) is 8.18. The fourth-order valence-corrected chi connectivity index (χ4v) is 2.89. The van der Waals surface area contributed by atoms with Crippen molar-refractivity contribution in [1.82, 2.24) is 5.32 Å². The summed E-state index contributed by atoms with van der Waals surface area (Å²) in [6.45, 7) is 2.54. The average molecular weight is 358 g/mol. The molecule has 1 unspecified atom stereocenters. The maximum absolute atomic E-state index is 14.1. The molecule has 0 amide bonds. The smallest absolute Gasteiger partial charge is 0.159 e. The van der Waals surface area contributed by atoms with Crippen molar-refractivity contribution in [3.63, 3.8) is 0 Å². The molecule has 2 aromatic rings. The summed E-state index contributed by atoms with van der Waals surface area (Å²) in [4.78, 5) is 0. The highest BCUT2D eigenvalue weighted by Gasteiger charge is 2.19. The lowest BCUT2D eigenvalue weighted by molar-refractivity contribution is 0.494. The molecule has 2 aromatic carbocycles. The summed E-state index contributed by atoms with van der Waals surface area (Å²) >= 11 is 3.34. The highest BCUT2D eigenvalue weighted by molar-refractivity contribution is 9.10. The molecule has 2 rings (SSSR count). The number of nitrogens with one attached hydrogen (secondary N) is 1. The van der Waals surface area contributed by atoms with Crippen molar-refractivity contribution in [2.75, 3.05) is 6.54 Å². The van der Waals surface area contributed by atoms with Crippen LogP contribution < -0.4 is 5.32 Å². The molecule has 112 valence electrons. The van der Waals surface area contributed by atoms with Crippen molar-refractivity contribution >= 4 is 15.9 Å². The minimum absolute atomic E-state index is 0.324. The fourth-order valence-electron chi connectivity index (χ4n) is 2.27. The Morgan fingerprint density at radius 2 is 1.81 bits per heavy atom. The van der Waals surface area contributed by atoms with E-state index in [0.717, 1.165) is 12.1 Å². The molecule has 0 fully saturated rings. The first-order valence-electron chi connectivity index (χ1n) is 6.64. The average Bonchev–Trinajstić information content (AvgIpc) is 2.43. The molecule has 1 atom stereocenters. The molecular weight excluding hydrogens is 343 g/mol. The van der Waals surface area contributed by atoms with Crippen LogP contribution in [0.5, 0.6) is 0 Å². The van der Waals surface area contributed by atoms with Gasteiger partial charge in [-0.2, -0.15) is 0 Å². The molecule has 1 N–H and O–H groups in total. The van der Waals surface area contributed by atoms with Gasteiger partial charge in [0.05, 0.1) is 0 Å². The predicted octanol–water partition coefficient (Wildman–Crippen LogP) is 4.76. The third-order valence-corrected chi connectivity index (χ3v) is 3.91. The van der Waals surface area contributed by atoms with Crippen molar-refractivity contribution < 1.29 is 13.2 Å². The lowest BCUT2D eigenvalue weighted by Gasteiger charge is -2.20. The Hall–Kier alpha value is -1.33. The third kappa shape index (κ3) is 3.86. The van der Waals surface area contributed by atoms with E-state index in [0.29, 0.717) is 28.6 Å². The Morgan fingerprint density at radius 1 is 1.05 bits per heavy atom. The van der Waals surface area contributed by atoms with E-state index in [4.69, 9.17) is 0 Å². The van der Waals surface area contributed by atoms with Gasteiger partial charge in [0.15, 0.2) is 11.6 Å². The van der Waals surface area contributed by atoms with Gasteiger partial charge in [-0.05, 0) is 42.8 Å². The Morgan fingerprint density at radius 3 is 2.43 bits per heavy atom. The minimum atomic E-state index is -0.893. The molecule has 0 heterocycles. The van der Waals surface area contributed by atoms with Gasteiger partial charge in [-0.3, -0.25) is 0 Å². The van der Waals surface area contributed by atoms with Crippen LogP contribution in [-0.4, -0.2) is 6.54 Å². The van der Waals surface area contributed by atoms with Gasteiger partial charge < -0.3 is 5.32 Å². The van der Waals surface area contributed by atoms with Crippen LogP contribution in [0.1, 0.15) is 24.1 Å². The number of likely N-dealkylation sites (N-methyl/N-ethyl adjacent to an activating group) is 1. The lowest BCUT2D eigenvalue weighted by atomic mass is 9.98. The number of hydrogen-bond acceptors (Lipinski definition) is 1. The van der Waals surface area contributed by atoms with Crippen LogP contribution >= 0.6 is 15.9 Å². The van der Waals surface area contributed by atoms with Gasteiger partial charge in [0.2, 0.25) is 0 Å². The van der Waals surface area contributed by atoms with Crippen molar-refractivity contribution in [3.8, 4) is 0 Å². The van der Waals surface area contributed by atoms with Gasteiger partial charge in [0.25, 0.3) is 0 Å². The SMILES string of the molecule is CCNC(Cc1ccc(F)c(F)c1)c1c(F)cccc1Br. The van der Waals surface area contributed by atoms with Crippen molar-refractivity contribution in [2.24, 2.45) is 0 Å². The second-order valence-corrected chi connectivity index (χ2v) is 5.55. The Bertz CT molecular complexity index is 611. The molecular formula is C16H15BrF3N. The quantitative estimate of drug-likeness (QED) is 0.813. The second-order valence-electron chi connectivity index (χ2n) is 4.70. The molecule has 0 aliphatic carbocycles. The normalized spacial score (nSPS) is 12.4. The monoisotopic (exact) mass is 357 g/mol. The molecule has 0 radical (unpaired) electrons. The van der Waals surface area contributed by atoms with E-state index < -0.39 is 11.6 Å². The molecule has 0 saturated carbocycles. The fraction of sp³-hybridized carbons (Fsp3) is 0.250. The summed E-state index contributed by atoms with van der Waals surface area (Å²) in [5, 5.41) is 3.18. The Labute approximate surface area is 130 Å². The first-order chi connectivity index (χ1) is 10.0. The van der Waals surface area contributed by atoms with Gasteiger partial charge in [0, 0.05) is 16.1 Å². The molecule has 5 heteroatoms. The van der Waals surface area contributed by atoms with E-state index in [-0.39, 0.29) is 11.9 Å². The van der Waals surface area contributed by atoms with Crippen LogP contribution in [0.25, 0.3) is 0 Å². The summed E-state index contributed by atoms with van der Waals surface area (Å²) in [6.07, 6.45) is 0.366. The van der Waals surface area contributed by atoms with Crippen molar-refractivity contribution in [1.29, 1.82) is 0 Å². The molecule has 0 saturated heterocycles. The van der Waals surface area contributed by atoms with Crippen LogP contribution in [0.15, 0.2) is 40.9 Å². The predicted molar refractivity (Wildman–Crippen MR) is 80.6 cm³/mol. The van der Waals surface area contributed by atoms with Crippen LogP contribution in [0.2, 0.25) is 0 Å². The van der Waals surface area contributed by atoms with Gasteiger partial charge >= 0.3 is 0 Å². The molecule has 21 heavy (non-hydrogen) atoms. The zero-order chi connectivity index (χ0) is 15.4. The van der Waals surface area contributed by atoms with Crippen LogP contribution in [0.3, 0.4) is 0 Å². The number of halogens is 4. The molecule has 1 nitrogen and oxygen atoms in total. The highest BCUT2D eigenvalue weighted by Crippen LogP contribution is 2.29. The van der Waals surface area contributed by atoms with E-state index in [1.807, 2.05) is 6.92 Å². The van der Waals surface area contributed by atoms with Crippen LogP contribution in [0, 0.1) is 17.5 Å². The van der Waals surface area contributed by atoms with Crippen molar-refractivity contribution in [3.05, 3.63) is 69.4 Å². The topological polar surface area (TPSA) is 12.0 Å². The van der Waals surface area contributed by atoms with Gasteiger partial charge in [-0.1, -0.05) is 35.0 Å². The maximum Gasteiger partial charge on any atom is 0.159 e. The molecule has 0 aliphatic heterocycles. The summed E-state index contributed by atoms with van der Waals surface area (Å²) < 4.78 is 41.0. The maximum atomic E-state index is 14.1. The first kappa shape index (κ1) is 16.0. The Balaban J connectivity index is 2.33. The third-order valence-electron chi connectivity index (χ3n) is 3.22. The zero-order valence-electron chi connectivity index (χ0n) is 11.5. The highest BCUT2D eigenvalue weighted by atomic mass is 79.9. The van der Waals surface area contributed by atoms with Crippen molar-refractivity contribution in [2.45, 2.75) is 19.4 Å². The molecule has 0 bridgehead atoms. The first-order valence-corrected chi connectivity index (χ1v) is 7.43. The Kier molecular flexibility index (Phi) is 5.42. The number of hydrogen-bond donors (Lipinski definition) is 1. The number of benzene rings is 2. The second kappa shape index (κ2) is 7.09. The van der Waals surface area contributed by atoms with E-state index >= 15 is 0 Å². The summed E-state index contributed by atoms with van der Waals surface area (Å²) in [5.41, 5.74) is 1.10. The van der Waals surface area contributed by atoms with Crippen LogP contribution in [-0.2, 0) is 6.42 Å².